The van der Waals surface area contributed by atoms with Gasteiger partial charge in [-0.15, -0.1) is 0 Å². The summed E-state index contributed by atoms with van der Waals surface area (Å²) in [5.41, 5.74) is 5.30. The Morgan fingerprint density at radius 2 is 2.25 bits per heavy atom. The molecule has 0 spiro atoms. The van der Waals surface area contributed by atoms with Crippen molar-refractivity contribution in [2.24, 2.45) is 5.73 Å². The van der Waals surface area contributed by atoms with E-state index in [1.165, 1.54) is 6.07 Å². The van der Waals surface area contributed by atoms with Gasteiger partial charge in [-0.05, 0) is 25.5 Å². The van der Waals surface area contributed by atoms with Gasteiger partial charge in [-0.3, -0.25) is 0 Å². The molecule has 0 amide bonds. The van der Waals surface area contributed by atoms with Crippen molar-refractivity contribution in [3.05, 3.63) is 29.6 Å². The van der Waals surface area contributed by atoms with Crippen molar-refractivity contribution >= 4 is 0 Å². The van der Waals surface area contributed by atoms with Crippen LogP contribution >= 0.6 is 0 Å². The van der Waals surface area contributed by atoms with Gasteiger partial charge in [0.1, 0.15) is 17.1 Å². The number of nitrogens with two attached hydrogens (primary N) is 1. The van der Waals surface area contributed by atoms with E-state index in [2.05, 4.69) is 0 Å². The molecule has 4 heteroatoms. The molecule has 0 aliphatic heterocycles. The van der Waals surface area contributed by atoms with Gasteiger partial charge in [0.15, 0.2) is 0 Å². The predicted molar refractivity (Wildman–Crippen MR) is 59.5 cm³/mol. The summed E-state index contributed by atoms with van der Waals surface area (Å²) in [6.07, 6.45) is 0.402. The lowest BCUT2D eigenvalue weighted by Crippen LogP contribution is -2.35. The van der Waals surface area contributed by atoms with Gasteiger partial charge in [0.2, 0.25) is 0 Å². The molecular weight excluding hydrogens is 207 g/mol. The van der Waals surface area contributed by atoms with Crippen molar-refractivity contribution in [1.29, 1.82) is 5.26 Å². The van der Waals surface area contributed by atoms with Crippen molar-refractivity contribution < 1.29 is 9.13 Å². The summed E-state index contributed by atoms with van der Waals surface area (Å²) < 4.78 is 18.5. The zero-order valence-electron chi connectivity index (χ0n) is 9.46. The molecule has 16 heavy (non-hydrogen) atoms. The lowest BCUT2D eigenvalue weighted by atomic mass is 10.0. The van der Waals surface area contributed by atoms with Crippen LogP contribution in [0.5, 0.6) is 5.75 Å². The quantitative estimate of drug-likeness (QED) is 0.849. The summed E-state index contributed by atoms with van der Waals surface area (Å²) in [4.78, 5) is 0. The van der Waals surface area contributed by atoms with E-state index in [1.807, 2.05) is 6.07 Å². The summed E-state index contributed by atoms with van der Waals surface area (Å²) in [6.45, 7) is 3.61. The van der Waals surface area contributed by atoms with Gasteiger partial charge < -0.3 is 10.5 Å². The van der Waals surface area contributed by atoms with Gasteiger partial charge >= 0.3 is 0 Å². The fraction of sp³-hybridized carbons (Fsp3) is 0.417. The van der Waals surface area contributed by atoms with Crippen LogP contribution in [-0.4, -0.2) is 12.1 Å². The van der Waals surface area contributed by atoms with Crippen LogP contribution in [0.4, 0.5) is 4.39 Å². The third kappa shape index (κ3) is 3.52. The molecule has 0 saturated heterocycles. The number of nitriles is 1. The minimum atomic E-state index is -0.900. The molecule has 0 heterocycles. The highest BCUT2D eigenvalue weighted by molar-refractivity contribution is 5.28. The molecule has 0 aliphatic rings. The molecule has 3 nitrogen and oxygen atoms in total. The SMILES string of the molecule is Cc1ccc(OCCC(C)(N)C#N)cc1F. The molecule has 86 valence electrons. The standard InChI is InChI=1S/C12H15FN2O/c1-9-3-4-10(7-11(9)13)16-6-5-12(2,15)8-14/h3-4,7H,5-6,15H2,1-2H3. The van der Waals surface area contributed by atoms with Gasteiger partial charge in [0.05, 0.1) is 12.7 Å². The molecule has 0 bridgehead atoms. The Kier molecular flexibility index (Phi) is 3.86. The first kappa shape index (κ1) is 12.5. The van der Waals surface area contributed by atoms with Crippen LogP contribution in [0.1, 0.15) is 18.9 Å². The highest BCUT2D eigenvalue weighted by Gasteiger charge is 2.16. The highest BCUT2D eigenvalue weighted by atomic mass is 19.1. The Morgan fingerprint density at radius 3 is 2.81 bits per heavy atom. The molecule has 2 N–H and O–H groups in total. The predicted octanol–water partition coefficient (Wildman–Crippen LogP) is 2.14. The van der Waals surface area contributed by atoms with Gasteiger partial charge in [-0.2, -0.15) is 5.26 Å². The van der Waals surface area contributed by atoms with E-state index in [0.29, 0.717) is 24.3 Å². The average molecular weight is 222 g/mol. The van der Waals surface area contributed by atoms with Crippen LogP contribution in [0.3, 0.4) is 0 Å². The second-order valence-corrected chi connectivity index (χ2v) is 4.04. The second kappa shape index (κ2) is 4.95. The van der Waals surface area contributed by atoms with Crippen LogP contribution in [-0.2, 0) is 0 Å². The van der Waals surface area contributed by atoms with Crippen molar-refractivity contribution in [2.75, 3.05) is 6.61 Å². The number of rotatable bonds is 4. The first-order valence-electron chi connectivity index (χ1n) is 5.04. The normalized spacial score (nSPS) is 13.9. The molecule has 0 fully saturated rings. The van der Waals surface area contributed by atoms with E-state index >= 15 is 0 Å². The smallest absolute Gasteiger partial charge is 0.129 e. The van der Waals surface area contributed by atoms with E-state index < -0.39 is 5.54 Å². The van der Waals surface area contributed by atoms with E-state index in [0.717, 1.165) is 0 Å². The number of halogens is 1. The first-order chi connectivity index (χ1) is 7.44. The largest absolute Gasteiger partial charge is 0.493 e. The zero-order chi connectivity index (χ0) is 12.2. The third-order valence-corrected chi connectivity index (χ3v) is 2.29. The summed E-state index contributed by atoms with van der Waals surface area (Å²) in [6, 6.07) is 6.64. The van der Waals surface area contributed by atoms with Crippen LogP contribution in [0, 0.1) is 24.1 Å². The number of nitrogens with zero attached hydrogens (tertiary/aromatic N) is 1. The second-order valence-electron chi connectivity index (χ2n) is 4.04. The van der Waals surface area contributed by atoms with Crippen LogP contribution in [0.25, 0.3) is 0 Å². The van der Waals surface area contributed by atoms with E-state index in [1.54, 1.807) is 26.0 Å². The zero-order valence-corrected chi connectivity index (χ0v) is 9.46. The Hall–Kier alpha value is -1.60. The Morgan fingerprint density at radius 1 is 1.56 bits per heavy atom. The van der Waals surface area contributed by atoms with E-state index in [9.17, 15) is 4.39 Å². The van der Waals surface area contributed by atoms with Crippen LogP contribution in [0.2, 0.25) is 0 Å². The molecule has 0 radical (unpaired) electrons. The van der Waals surface area contributed by atoms with Crippen LogP contribution < -0.4 is 10.5 Å². The number of hydrogen-bond acceptors (Lipinski definition) is 3. The molecule has 1 rings (SSSR count). The van der Waals surface area contributed by atoms with Crippen molar-refractivity contribution in [1.82, 2.24) is 0 Å². The molecule has 1 aromatic rings. The maximum Gasteiger partial charge on any atom is 0.129 e. The minimum absolute atomic E-state index is 0.295. The maximum absolute atomic E-state index is 13.1. The monoisotopic (exact) mass is 222 g/mol. The third-order valence-electron chi connectivity index (χ3n) is 2.29. The number of benzene rings is 1. The van der Waals surface area contributed by atoms with Crippen molar-refractivity contribution in [3.8, 4) is 11.8 Å². The van der Waals surface area contributed by atoms with Gasteiger partial charge in [-0.1, -0.05) is 6.07 Å². The number of hydrogen-bond donors (Lipinski definition) is 1. The fourth-order valence-electron chi connectivity index (χ4n) is 1.10. The molecule has 1 atom stereocenters. The van der Waals surface area contributed by atoms with Gasteiger partial charge in [0.25, 0.3) is 0 Å². The summed E-state index contributed by atoms with van der Waals surface area (Å²) in [5, 5.41) is 8.68. The van der Waals surface area contributed by atoms with Gasteiger partial charge in [-0.25, -0.2) is 4.39 Å². The average Bonchev–Trinajstić information content (AvgIpc) is 2.23. The van der Waals surface area contributed by atoms with Gasteiger partial charge in [0, 0.05) is 12.5 Å². The number of aryl methyl sites for hydroxylation is 1. The van der Waals surface area contributed by atoms with E-state index in [-0.39, 0.29) is 5.82 Å². The summed E-state index contributed by atoms with van der Waals surface area (Å²) >= 11 is 0. The van der Waals surface area contributed by atoms with Crippen LogP contribution in [0.15, 0.2) is 18.2 Å². The Labute approximate surface area is 94.6 Å². The molecule has 0 saturated carbocycles. The van der Waals surface area contributed by atoms with Crippen molar-refractivity contribution in [3.63, 3.8) is 0 Å². The maximum atomic E-state index is 13.1. The number of ether oxygens (including phenoxy) is 1. The first-order valence-corrected chi connectivity index (χ1v) is 5.04. The lowest BCUT2D eigenvalue weighted by molar-refractivity contribution is 0.285. The summed E-state index contributed by atoms with van der Waals surface area (Å²) in [5.74, 6) is 0.158. The highest BCUT2D eigenvalue weighted by Crippen LogP contribution is 2.16. The fourth-order valence-corrected chi connectivity index (χ4v) is 1.10. The molecule has 1 aromatic carbocycles. The lowest BCUT2D eigenvalue weighted by Gasteiger charge is -2.15. The Bertz CT molecular complexity index is 410. The molecule has 1 unspecified atom stereocenters. The topological polar surface area (TPSA) is 59.0 Å². The Balaban J connectivity index is 2.50. The van der Waals surface area contributed by atoms with Crippen molar-refractivity contribution in [2.45, 2.75) is 25.8 Å². The molecular formula is C12H15FN2O. The molecule has 0 aromatic heterocycles. The molecule has 0 aliphatic carbocycles. The van der Waals surface area contributed by atoms with E-state index in [4.69, 9.17) is 15.7 Å². The minimum Gasteiger partial charge on any atom is -0.493 e. The summed E-state index contributed by atoms with van der Waals surface area (Å²) in [7, 11) is 0.